The molecule has 1 unspecified atom stereocenters. The van der Waals surface area contributed by atoms with E-state index in [1.165, 1.54) is 15.9 Å². The molecule has 0 spiro atoms. The number of cyclic esters (lactones) is 1. The number of hydrogen-bond acceptors (Lipinski definition) is 6. The van der Waals surface area contributed by atoms with Gasteiger partial charge in [0, 0.05) is 25.1 Å². The van der Waals surface area contributed by atoms with E-state index < -0.39 is 36.6 Å². The van der Waals surface area contributed by atoms with Crippen molar-refractivity contribution < 1.29 is 33.7 Å². The lowest BCUT2D eigenvalue weighted by atomic mass is 9.95. The van der Waals surface area contributed by atoms with Gasteiger partial charge in [0.1, 0.15) is 11.9 Å². The number of hydrogen-bond donors (Lipinski definition) is 3. The van der Waals surface area contributed by atoms with Crippen LogP contribution in [0.4, 0.5) is 14.9 Å². The highest BCUT2D eigenvalue weighted by molar-refractivity contribution is 5.94. The van der Waals surface area contributed by atoms with Gasteiger partial charge in [-0.15, -0.1) is 0 Å². The minimum absolute atomic E-state index is 0.133. The van der Waals surface area contributed by atoms with Crippen LogP contribution < -0.4 is 10.2 Å². The standard InChI is InChI=1S/C22H26FN3O6/c1-2-20(29)24-10-19-17-8-13-7-14(15(23)9-16(13)26(17)22(31)32-19)12-3-5-25(6-4-12)21(30)18(28)11-27/h3,7,9,17-19,27-28H,2,4-6,8,10-11H2,1H3,(H,24,29)/t17-,18?,19-/m0/s1. The minimum Gasteiger partial charge on any atom is -0.442 e. The first-order valence-corrected chi connectivity index (χ1v) is 10.7. The smallest absolute Gasteiger partial charge is 0.415 e. The van der Waals surface area contributed by atoms with Gasteiger partial charge in [0.2, 0.25) is 5.91 Å². The number of carbonyl (C=O) groups excluding carboxylic acids is 3. The van der Waals surface area contributed by atoms with Crippen LogP contribution >= 0.6 is 0 Å². The first-order chi connectivity index (χ1) is 15.3. The van der Waals surface area contributed by atoms with E-state index in [4.69, 9.17) is 9.84 Å². The molecule has 0 saturated carbocycles. The quantitative estimate of drug-likeness (QED) is 0.587. The van der Waals surface area contributed by atoms with Gasteiger partial charge in [-0.05, 0) is 36.1 Å². The summed E-state index contributed by atoms with van der Waals surface area (Å²) in [5.74, 6) is -1.16. The van der Waals surface area contributed by atoms with Crippen molar-refractivity contribution in [2.45, 2.75) is 44.4 Å². The van der Waals surface area contributed by atoms with Crippen molar-refractivity contribution in [2.75, 3.05) is 31.1 Å². The van der Waals surface area contributed by atoms with Gasteiger partial charge in [-0.3, -0.25) is 14.5 Å². The molecule has 3 aliphatic rings. The van der Waals surface area contributed by atoms with Crippen molar-refractivity contribution >= 4 is 29.2 Å². The second-order valence-electron chi connectivity index (χ2n) is 8.14. The first kappa shape index (κ1) is 22.2. The zero-order valence-electron chi connectivity index (χ0n) is 17.7. The molecule has 1 aromatic rings. The molecule has 3 aliphatic heterocycles. The van der Waals surface area contributed by atoms with Crippen LogP contribution in [0.5, 0.6) is 0 Å². The highest BCUT2D eigenvalue weighted by Crippen LogP contribution is 2.41. The predicted molar refractivity (Wildman–Crippen MR) is 112 cm³/mol. The lowest BCUT2D eigenvalue weighted by Gasteiger charge is -2.28. The number of aliphatic hydroxyl groups is 2. The number of aliphatic hydroxyl groups excluding tert-OH is 2. The van der Waals surface area contributed by atoms with Crippen molar-refractivity contribution in [2.24, 2.45) is 0 Å². The van der Waals surface area contributed by atoms with Crippen molar-refractivity contribution in [1.82, 2.24) is 10.2 Å². The van der Waals surface area contributed by atoms with E-state index in [0.717, 1.165) is 11.1 Å². The molecule has 1 saturated heterocycles. The van der Waals surface area contributed by atoms with Gasteiger partial charge in [0.15, 0.2) is 6.10 Å². The Morgan fingerprint density at radius 1 is 1.38 bits per heavy atom. The van der Waals surface area contributed by atoms with E-state index in [1.807, 2.05) is 0 Å². The molecule has 0 aromatic heterocycles. The Balaban J connectivity index is 1.51. The summed E-state index contributed by atoms with van der Waals surface area (Å²) in [6, 6.07) is 2.77. The summed E-state index contributed by atoms with van der Waals surface area (Å²) >= 11 is 0. The summed E-state index contributed by atoms with van der Waals surface area (Å²) < 4.78 is 20.4. The molecule has 0 aliphatic carbocycles. The molecule has 3 N–H and O–H groups in total. The van der Waals surface area contributed by atoms with Gasteiger partial charge in [-0.1, -0.05) is 13.0 Å². The molecular weight excluding hydrogens is 421 g/mol. The molecule has 1 aromatic carbocycles. The Bertz CT molecular complexity index is 981. The molecule has 4 rings (SSSR count). The molecule has 3 atom stereocenters. The maximum Gasteiger partial charge on any atom is 0.415 e. The Kier molecular flexibility index (Phi) is 6.16. The molecule has 3 amide bonds. The van der Waals surface area contributed by atoms with Crippen molar-refractivity contribution in [3.8, 4) is 0 Å². The fourth-order valence-corrected chi connectivity index (χ4v) is 4.45. The molecule has 172 valence electrons. The number of nitrogens with zero attached hydrogens (tertiary/aromatic N) is 2. The van der Waals surface area contributed by atoms with E-state index in [-0.39, 0.29) is 25.0 Å². The highest BCUT2D eigenvalue weighted by Gasteiger charge is 2.47. The number of carbonyl (C=O) groups is 3. The lowest BCUT2D eigenvalue weighted by Crippen LogP contribution is -2.42. The van der Waals surface area contributed by atoms with Crippen LogP contribution in [-0.4, -0.2) is 77.5 Å². The lowest BCUT2D eigenvalue weighted by molar-refractivity contribution is -0.141. The zero-order chi connectivity index (χ0) is 23.0. The second kappa shape index (κ2) is 8.87. The SMILES string of the molecule is CCC(=O)NC[C@@H]1OC(=O)N2c3cc(F)c(C4=CCN(C(=O)C(O)CO)CC4)cc3C[C@@H]12. The topological polar surface area (TPSA) is 119 Å². The maximum atomic E-state index is 15.0. The normalized spacial score (nSPS) is 22.8. The van der Waals surface area contributed by atoms with Crippen molar-refractivity contribution in [3.63, 3.8) is 0 Å². The van der Waals surface area contributed by atoms with Gasteiger partial charge in [-0.25, -0.2) is 9.18 Å². The Morgan fingerprint density at radius 2 is 2.16 bits per heavy atom. The fraction of sp³-hybridized carbons (Fsp3) is 0.500. The monoisotopic (exact) mass is 447 g/mol. The minimum atomic E-state index is -1.45. The molecule has 32 heavy (non-hydrogen) atoms. The van der Waals surface area contributed by atoms with Crippen LogP contribution in [0.15, 0.2) is 18.2 Å². The van der Waals surface area contributed by atoms with Crippen LogP contribution in [-0.2, 0) is 20.7 Å². The fourth-order valence-electron chi connectivity index (χ4n) is 4.45. The number of anilines is 1. The molecule has 1 fully saturated rings. The second-order valence-corrected chi connectivity index (χ2v) is 8.14. The average Bonchev–Trinajstić information content (AvgIpc) is 3.32. The van der Waals surface area contributed by atoms with Crippen molar-refractivity contribution in [1.29, 1.82) is 0 Å². The number of benzene rings is 1. The van der Waals surface area contributed by atoms with E-state index in [1.54, 1.807) is 19.1 Å². The largest absolute Gasteiger partial charge is 0.442 e. The molecule has 3 heterocycles. The van der Waals surface area contributed by atoms with E-state index in [0.29, 0.717) is 37.1 Å². The van der Waals surface area contributed by atoms with Gasteiger partial charge in [-0.2, -0.15) is 0 Å². The third-order valence-electron chi connectivity index (χ3n) is 6.21. The molecule has 9 nitrogen and oxygen atoms in total. The van der Waals surface area contributed by atoms with Crippen LogP contribution in [0.25, 0.3) is 5.57 Å². The summed E-state index contributed by atoms with van der Waals surface area (Å²) in [6.45, 7) is 1.81. The van der Waals surface area contributed by atoms with Gasteiger partial charge >= 0.3 is 6.09 Å². The third-order valence-corrected chi connectivity index (χ3v) is 6.21. The maximum absolute atomic E-state index is 15.0. The van der Waals surface area contributed by atoms with Gasteiger partial charge in [0.05, 0.1) is 24.9 Å². The van der Waals surface area contributed by atoms with E-state index in [9.17, 15) is 19.5 Å². The van der Waals surface area contributed by atoms with E-state index >= 15 is 4.39 Å². The van der Waals surface area contributed by atoms with Crippen LogP contribution in [0.2, 0.25) is 0 Å². The summed E-state index contributed by atoms with van der Waals surface area (Å²) in [4.78, 5) is 38.9. The zero-order valence-corrected chi connectivity index (χ0v) is 17.7. The average molecular weight is 447 g/mol. The molecular formula is C22H26FN3O6. The third kappa shape index (κ3) is 3.95. The van der Waals surface area contributed by atoms with Crippen molar-refractivity contribution in [3.05, 3.63) is 35.2 Å². The van der Waals surface area contributed by atoms with Gasteiger partial charge in [0.25, 0.3) is 5.91 Å². The predicted octanol–water partition coefficient (Wildman–Crippen LogP) is 0.571. The summed E-state index contributed by atoms with van der Waals surface area (Å²) in [5.41, 5.74) is 2.47. The summed E-state index contributed by atoms with van der Waals surface area (Å²) in [6.07, 6.45) is 0.450. The molecule has 0 radical (unpaired) electrons. The number of nitrogens with one attached hydrogen (secondary N) is 1. The van der Waals surface area contributed by atoms with E-state index in [2.05, 4.69) is 5.32 Å². The number of fused-ring (bicyclic) bond motifs is 3. The molecule has 0 bridgehead atoms. The number of amides is 3. The molecule has 10 heteroatoms. The van der Waals surface area contributed by atoms with Crippen LogP contribution in [0, 0.1) is 5.82 Å². The number of halogens is 1. The Morgan fingerprint density at radius 3 is 2.81 bits per heavy atom. The van der Waals surface area contributed by atoms with Crippen LogP contribution in [0.3, 0.4) is 0 Å². The Hall–Kier alpha value is -2.98. The van der Waals surface area contributed by atoms with Gasteiger partial charge < -0.3 is 25.2 Å². The van der Waals surface area contributed by atoms with Crippen LogP contribution in [0.1, 0.15) is 30.9 Å². The highest BCUT2D eigenvalue weighted by atomic mass is 19.1. The Labute approximate surface area is 184 Å². The summed E-state index contributed by atoms with van der Waals surface area (Å²) in [5, 5.41) is 21.2. The number of rotatable bonds is 6. The first-order valence-electron chi connectivity index (χ1n) is 10.7. The number of ether oxygens (including phenoxy) is 1. The summed E-state index contributed by atoms with van der Waals surface area (Å²) in [7, 11) is 0.